The summed E-state index contributed by atoms with van der Waals surface area (Å²) in [4.78, 5) is 20.0. The molecule has 1 aliphatic rings. The summed E-state index contributed by atoms with van der Waals surface area (Å²) < 4.78 is 4.56. The van der Waals surface area contributed by atoms with Crippen molar-refractivity contribution in [3.8, 4) is 0 Å². The molecule has 0 aliphatic carbocycles. The average Bonchev–Trinajstić information content (AvgIpc) is 3.41. The van der Waals surface area contributed by atoms with Gasteiger partial charge < -0.3 is 10.2 Å². The van der Waals surface area contributed by atoms with Crippen molar-refractivity contribution in [3.63, 3.8) is 0 Å². The molecule has 5 rings (SSSR count). The normalized spacial score (nSPS) is 14.2. The van der Waals surface area contributed by atoms with E-state index in [4.69, 9.17) is 4.98 Å². The molecule has 0 bridgehead atoms. The molecule has 0 spiro atoms. The molecule has 4 aromatic rings. The number of carbonyl (C=O) groups excluding carboxylic acids is 1. The zero-order chi connectivity index (χ0) is 24.6. The van der Waals surface area contributed by atoms with Crippen molar-refractivity contribution >= 4 is 22.6 Å². The Bertz CT molecular complexity index is 1180. The molecule has 6 heteroatoms. The molecule has 0 radical (unpaired) electrons. The van der Waals surface area contributed by atoms with Gasteiger partial charge in [-0.05, 0) is 36.0 Å². The molecule has 0 unspecified atom stereocenters. The number of carbonyl (C=O) groups is 1. The third-order valence-corrected chi connectivity index (χ3v) is 7.75. The molecular formula is C30H32N4OS. The van der Waals surface area contributed by atoms with Crippen molar-refractivity contribution in [2.45, 2.75) is 31.6 Å². The third-order valence-electron chi connectivity index (χ3n) is 6.93. The Morgan fingerprint density at radius 2 is 1.47 bits per heavy atom. The van der Waals surface area contributed by atoms with Crippen LogP contribution in [0.15, 0.2) is 91.0 Å². The highest BCUT2D eigenvalue weighted by molar-refractivity contribution is 7.09. The molecule has 3 aromatic carbocycles. The van der Waals surface area contributed by atoms with Gasteiger partial charge in [0, 0.05) is 49.4 Å². The van der Waals surface area contributed by atoms with E-state index in [1.54, 1.807) is 0 Å². The van der Waals surface area contributed by atoms with Crippen LogP contribution in [0.3, 0.4) is 0 Å². The fraction of sp³-hybridized carbons (Fsp3) is 0.300. The molecule has 1 aromatic heterocycles. The van der Waals surface area contributed by atoms with E-state index in [0.29, 0.717) is 6.54 Å². The first-order valence-electron chi connectivity index (χ1n) is 12.8. The van der Waals surface area contributed by atoms with E-state index in [1.165, 1.54) is 28.2 Å². The van der Waals surface area contributed by atoms with Crippen LogP contribution in [0.25, 0.3) is 0 Å². The Morgan fingerprint density at radius 3 is 2.08 bits per heavy atom. The van der Waals surface area contributed by atoms with Gasteiger partial charge in [-0.3, -0.25) is 4.79 Å². The van der Waals surface area contributed by atoms with Crippen molar-refractivity contribution in [3.05, 3.63) is 114 Å². The summed E-state index contributed by atoms with van der Waals surface area (Å²) in [6.45, 7) is 2.36. The van der Waals surface area contributed by atoms with Crippen LogP contribution >= 0.6 is 11.5 Å². The lowest BCUT2D eigenvalue weighted by Crippen LogP contribution is -2.41. The molecule has 1 fully saturated rings. The molecule has 1 amide bonds. The first-order valence-corrected chi connectivity index (χ1v) is 13.5. The Balaban J connectivity index is 1.11. The zero-order valence-electron chi connectivity index (χ0n) is 20.4. The van der Waals surface area contributed by atoms with Gasteiger partial charge in [0.25, 0.3) is 0 Å². The number of rotatable bonds is 9. The van der Waals surface area contributed by atoms with E-state index in [1.807, 2.05) is 30.3 Å². The number of nitrogens with one attached hydrogen (secondary N) is 1. The van der Waals surface area contributed by atoms with E-state index >= 15 is 0 Å². The molecule has 0 atom stereocenters. The summed E-state index contributed by atoms with van der Waals surface area (Å²) in [5.41, 5.74) is 3.80. The Hall–Kier alpha value is -3.51. The zero-order valence-corrected chi connectivity index (χ0v) is 21.2. The van der Waals surface area contributed by atoms with E-state index in [2.05, 4.69) is 75.3 Å². The summed E-state index contributed by atoms with van der Waals surface area (Å²) >= 11 is 1.46. The Kier molecular flexibility index (Phi) is 8.03. The van der Waals surface area contributed by atoms with Crippen molar-refractivity contribution < 1.29 is 4.79 Å². The molecule has 36 heavy (non-hydrogen) atoms. The first-order chi connectivity index (χ1) is 17.8. The highest BCUT2D eigenvalue weighted by Gasteiger charge is 2.26. The standard InChI is InChI=1S/C30H32N4OS/c35-29(31-19-16-27(24-12-6-2-7-13-24)25-14-8-3-9-15-25)26-17-20-34(21-18-26)30-32-28(33-36-30)22-23-10-4-1-5-11-23/h1-15,26-27H,16-22H2,(H,31,35). The number of amides is 1. The molecule has 1 saturated heterocycles. The first kappa shape index (κ1) is 24.2. The lowest BCUT2D eigenvalue weighted by Gasteiger charge is -2.30. The van der Waals surface area contributed by atoms with Crippen molar-refractivity contribution in [1.29, 1.82) is 0 Å². The molecule has 1 aliphatic heterocycles. The highest BCUT2D eigenvalue weighted by atomic mass is 32.1. The number of anilines is 1. The number of benzene rings is 3. The predicted molar refractivity (Wildman–Crippen MR) is 146 cm³/mol. The van der Waals surface area contributed by atoms with Gasteiger partial charge in [0.1, 0.15) is 5.82 Å². The van der Waals surface area contributed by atoms with Crippen molar-refractivity contribution in [1.82, 2.24) is 14.7 Å². The molecule has 1 N–H and O–H groups in total. The fourth-order valence-corrected chi connectivity index (χ4v) is 5.67. The number of nitrogens with zero attached hydrogens (tertiary/aromatic N) is 3. The van der Waals surface area contributed by atoms with Crippen molar-refractivity contribution in [2.75, 3.05) is 24.5 Å². The van der Waals surface area contributed by atoms with Gasteiger partial charge in [0.15, 0.2) is 0 Å². The van der Waals surface area contributed by atoms with Crippen LogP contribution in [0.5, 0.6) is 0 Å². The summed E-state index contributed by atoms with van der Waals surface area (Å²) in [6.07, 6.45) is 3.33. The predicted octanol–water partition coefficient (Wildman–Crippen LogP) is 5.68. The summed E-state index contributed by atoms with van der Waals surface area (Å²) in [5.74, 6) is 1.38. The van der Waals surface area contributed by atoms with E-state index in [0.717, 1.165) is 49.7 Å². The Labute approximate surface area is 217 Å². The minimum atomic E-state index is 0.0601. The smallest absolute Gasteiger partial charge is 0.223 e. The average molecular weight is 497 g/mol. The SMILES string of the molecule is O=C(NCCC(c1ccccc1)c1ccccc1)C1CCN(c2nc(Cc3ccccc3)ns2)CC1. The minimum absolute atomic E-state index is 0.0601. The van der Waals surface area contributed by atoms with Crippen LogP contribution in [0, 0.1) is 5.92 Å². The van der Waals surface area contributed by atoms with Gasteiger partial charge in [-0.25, -0.2) is 4.98 Å². The monoisotopic (exact) mass is 496 g/mol. The summed E-state index contributed by atoms with van der Waals surface area (Å²) in [7, 11) is 0. The summed E-state index contributed by atoms with van der Waals surface area (Å²) in [5, 5.41) is 4.19. The van der Waals surface area contributed by atoms with Crippen LogP contribution in [0.2, 0.25) is 0 Å². The fourth-order valence-electron chi connectivity index (χ4n) is 4.94. The van der Waals surface area contributed by atoms with Gasteiger partial charge in [0.2, 0.25) is 11.0 Å². The topological polar surface area (TPSA) is 58.1 Å². The second kappa shape index (κ2) is 12.0. The number of hydrogen-bond donors (Lipinski definition) is 1. The maximum Gasteiger partial charge on any atom is 0.223 e. The van der Waals surface area contributed by atoms with Gasteiger partial charge >= 0.3 is 0 Å². The van der Waals surface area contributed by atoms with Crippen LogP contribution in [0.4, 0.5) is 5.13 Å². The second-order valence-electron chi connectivity index (χ2n) is 9.37. The van der Waals surface area contributed by atoms with E-state index in [-0.39, 0.29) is 17.7 Å². The van der Waals surface area contributed by atoms with Crippen LogP contribution in [0.1, 0.15) is 47.7 Å². The quantitative estimate of drug-likeness (QED) is 0.324. The maximum absolute atomic E-state index is 12.9. The lowest BCUT2D eigenvalue weighted by molar-refractivity contribution is -0.125. The summed E-state index contributed by atoms with van der Waals surface area (Å²) in [6, 6.07) is 31.4. The highest BCUT2D eigenvalue weighted by Crippen LogP contribution is 2.28. The van der Waals surface area contributed by atoms with Crippen molar-refractivity contribution in [2.24, 2.45) is 5.92 Å². The Morgan fingerprint density at radius 1 is 0.889 bits per heavy atom. The van der Waals surface area contributed by atoms with Gasteiger partial charge in [-0.15, -0.1) is 0 Å². The minimum Gasteiger partial charge on any atom is -0.356 e. The molecule has 5 nitrogen and oxygen atoms in total. The molecule has 2 heterocycles. The van der Waals surface area contributed by atoms with Crippen LogP contribution < -0.4 is 10.2 Å². The molecule has 184 valence electrons. The maximum atomic E-state index is 12.9. The van der Waals surface area contributed by atoms with Gasteiger partial charge in [-0.2, -0.15) is 4.37 Å². The number of aromatic nitrogens is 2. The van der Waals surface area contributed by atoms with Crippen LogP contribution in [-0.4, -0.2) is 34.9 Å². The lowest BCUT2D eigenvalue weighted by atomic mass is 9.88. The van der Waals surface area contributed by atoms with E-state index < -0.39 is 0 Å². The molecular weight excluding hydrogens is 464 g/mol. The van der Waals surface area contributed by atoms with Crippen LogP contribution in [-0.2, 0) is 11.2 Å². The second-order valence-corrected chi connectivity index (χ2v) is 10.1. The number of hydrogen-bond acceptors (Lipinski definition) is 5. The van der Waals surface area contributed by atoms with E-state index in [9.17, 15) is 4.79 Å². The van der Waals surface area contributed by atoms with Gasteiger partial charge in [-0.1, -0.05) is 91.0 Å². The van der Waals surface area contributed by atoms with Gasteiger partial charge in [0.05, 0.1) is 0 Å². The number of piperidine rings is 1. The molecule has 0 saturated carbocycles. The third kappa shape index (κ3) is 6.18. The largest absolute Gasteiger partial charge is 0.356 e.